The summed E-state index contributed by atoms with van der Waals surface area (Å²) >= 11 is 1.47. The second-order valence-corrected chi connectivity index (χ2v) is 7.08. The van der Waals surface area contributed by atoms with Crippen LogP contribution >= 0.6 is 11.3 Å². The molecule has 1 fully saturated rings. The second-order valence-electron chi connectivity index (χ2n) is 6.13. The third kappa shape index (κ3) is 4.35. The highest BCUT2D eigenvalue weighted by Crippen LogP contribution is 2.20. The normalized spacial score (nSPS) is 14.1. The van der Waals surface area contributed by atoms with E-state index < -0.39 is 0 Å². The van der Waals surface area contributed by atoms with E-state index >= 15 is 0 Å². The van der Waals surface area contributed by atoms with E-state index in [0.717, 1.165) is 37.0 Å². The van der Waals surface area contributed by atoms with Gasteiger partial charge in [-0.05, 0) is 29.6 Å². The van der Waals surface area contributed by atoms with E-state index in [1.165, 1.54) is 23.4 Å². The number of urea groups is 1. The van der Waals surface area contributed by atoms with Gasteiger partial charge in [-0.2, -0.15) is 0 Å². The topological polar surface area (TPSA) is 73.4 Å². The molecule has 0 spiro atoms. The summed E-state index contributed by atoms with van der Waals surface area (Å²) in [5.74, 6) is 1.31. The Morgan fingerprint density at radius 1 is 0.926 bits per heavy atom. The number of para-hydroxylation sites is 1. The number of anilines is 4. The van der Waals surface area contributed by atoms with Crippen LogP contribution in [-0.4, -0.2) is 42.2 Å². The van der Waals surface area contributed by atoms with Crippen LogP contribution in [0.2, 0.25) is 0 Å². The van der Waals surface area contributed by atoms with Gasteiger partial charge in [0.25, 0.3) is 0 Å². The number of carbonyl (C=O) groups excluding carboxylic acids is 1. The summed E-state index contributed by atoms with van der Waals surface area (Å²) in [4.78, 5) is 25.2. The molecule has 0 saturated carbocycles. The van der Waals surface area contributed by atoms with Crippen molar-refractivity contribution in [1.29, 1.82) is 0 Å². The molecule has 1 saturated heterocycles. The maximum atomic E-state index is 12.1. The molecule has 0 radical (unpaired) electrons. The zero-order chi connectivity index (χ0) is 18.5. The number of rotatable bonds is 4. The van der Waals surface area contributed by atoms with Crippen molar-refractivity contribution in [2.45, 2.75) is 0 Å². The van der Waals surface area contributed by atoms with Crippen LogP contribution in [0.3, 0.4) is 0 Å². The Morgan fingerprint density at radius 2 is 1.70 bits per heavy atom. The van der Waals surface area contributed by atoms with Gasteiger partial charge in [0.2, 0.25) is 0 Å². The first-order valence-corrected chi connectivity index (χ1v) is 9.64. The molecule has 2 aromatic heterocycles. The number of hydrogen-bond donors (Lipinski definition) is 2. The molecule has 0 atom stereocenters. The molecule has 8 heteroatoms. The third-order valence-corrected chi connectivity index (χ3v) is 5.16. The Kier molecular flexibility index (Phi) is 5.15. The first kappa shape index (κ1) is 17.3. The molecule has 0 bridgehead atoms. The smallest absolute Gasteiger partial charge is 0.325 e. The first-order chi connectivity index (χ1) is 13.3. The molecule has 3 heterocycles. The Balaban J connectivity index is 1.36. The van der Waals surface area contributed by atoms with Gasteiger partial charge in [-0.25, -0.2) is 14.8 Å². The van der Waals surface area contributed by atoms with Crippen molar-refractivity contribution in [1.82, 2.24) is 9.97 Å². The summed E-state index contributed by atoms with van der Waals surface area (Å²) in [6, 6.07) is 15.7. The fourth-order valence-corrected chi connectivity index (χ4v) is 3.64. The van der Waals surface area contributed by atoms with Gasteiger partial charge in [-0.3, -0.25) is 10.6 Å². The van der Waals surface area contributed by atoms with Crippen molar-refractivity contribution >= 4 is 39.7 Å². The molecular formula is C19H20N6OS. The fourth-order valence-electron chi connectivity index (χ4n) is 3.03. The van der Waals surface area contributed by atoms with E-state index in [-0.39, 0.29) is 6.03 Å². The number of aromatic nitrogens is 2. The molecule has 3 aromatic rings. The van der Waals surface area contributed by atoms with Gasteiger partial charge < -0.3 is 9.80 Å². The largest absolute Gasteiger partial charge is 0.368 e. The molecule has 0 aliphatic carbocycles. The minimum Gasteiger partial charge on any atom is -0.368 e. The van der Waals surface area contributed by atoms with Crippen LogP contribution in [0.25, 0.3) is 0 Å². The third-order valence-electron chi connectivity index (χ3n) is 4.38. The molecule has 1 aliphatic rings. The average molecular weight is 380 g/mol. The van der Waals surface area contributed by atoms with Gasteiger partial charge >= 0.3 is 6.03 Å². The molecule has 27 heavy (non-hydrogen) atoms. The highest BCUT2D eigenvalue weighted by molar-refractivity contribution is 7.14. The molecule has 2 N–H and O–H groups in total. The number of thiophene rings is 1. The molecule has 138 valence electrons. The molecule has 2 amide bonds. The number of amides is 2. The summed E-state index contributed by atoms with van der Waals surface area (Å²) in [6.45, 7) is 3.59. The maximum Gasteiger partial charge on any atom is 0.325 e. The molecule has 1 aliphatic heterocycles. The zero-order valence-corrected chi connectivity index (χ0v) is 15.5. The zero-order valence-electron chi connectivity index (χ0n) is 14.7. The minimum atomic E-state index is -0.309. The number of carbonyl (C=O) groups is 1. The van der Waals surface area contributed by atoms with Crippen molar-refractivity contribution in [3.8, 4) is 0 Å². The Labute approximate surface area is 161 Å². The predicted octanol–water partition coefficient (Wildman–Crippen LogP) is 3.51. The van der Waals surface area contributed by atoms with E-state index in [4.69, 9.17) is 0 Å². The highest BCUT2D eigenvalue weighted by Gasteiger charge is 2.19. The molecule has 4 rings (SSSR count). The number of nitrogens with zero attached hydrogens (tertiary/aromatic N) is 4. The van der Waals surface area contributed by atoms with Gasteiger partial charge in [0, 0.05) is 37.9 Å². The number of piperazine rings is 1. The molecule has 1 aromatic carbocycles. The Hall–Kier alpha value is -3.13. The lowest BCUT2D eigenvalue weighted by Crippen LogP contribution is -2.46. The summed E-state index contributed by atoms with van der Waals surface area (Å²) in [7, 11) is 0. The lowest BCUT2D eigenvalue weighted by atomic mass is 10.2. The average Bonchev–Trinajstić information content (AvgIpc) is 3.22. The summed E-state index contributed by atoms with van der Waals surface area (Å²) in [5.41, 5.74) is 1.24. The molecule has 0 unspecified atom stereocenters. The lowest BCUT2D eigenvalue weighted by Gasteiger charge is -2.36. The van der Waals surface area contributed by atoms with Crippen LogP contribution in [0.5, 0.6) is 0 Å². The van der Waals surface area contributed by atoms with E-state index in [1.807, 2.05) is 29.6 Å². The minimum absolute atomic E-state index is 0.309. The quantitative estimate of drug-likeness (QED) is 0.725. The number of nitrogens with one attached hydrogen (secondary N) is 2. The van der Waals surface area contributed by atoms with Crippen molar-refractivity contribution in [3.63, 3.8) is 0 Å². The Morgan fingerprint density at radius 3 is 2.44 bits per heavy atom. The summed E-state index contributed by atoms with van der Waals surface area (Å²) in [6.07, 6.45) is 1.49. The number of benzene rings is 1. The predicted molar refractivity (Wildman–Crippen MR) is 110 cm³/mol. The highest BCUT2D eigenvalue weighted by atomic mass is 32.1. The van der Waals surface area contributed by atoms with Crippen LogP contribution in [0.4, 0.5) is 27.1 Å². The van der Waals surface area contributed by atoms with Crippen molar-refractivity contribution < 1.29 is 4.79 Å². The maximum absolute atomic E-state index is 12.1. The SMILES string of the molecule is O=C(Nc1cc(N2CCN(c3ccccc3)CC2)ncn1)Nc1cccs1. The van der Waals surface area contributed by atoms with Gasteiger partial charge in [0.1, 0.15) is 18.0 Å². The van der Waals surface area contributed by atoms with Gasteiger partial charge in [0.15, 0.2) is 0 Å². The fraction of sp³-hybridized carbons (Fsp3) is 0.211. The summed E-state index contributed by atoms with van der Waals surface area (Å²) in [5, 5.41) is 8.24. The van der Waals surface area contributed by atoms with E-state index in [2.05, 4.69) is 54.7 Å². The van der Waals surface area contributed by atoms with Gasteiger partial charge in [-0.15, -0.1) is 11.3 Å². The van der Waals surface area contributed by atoms with E-state index in [9.17, 15) is 4.79 Å². The van der Waals surface area contributed by atoms with Crippen molar-refractivity contribution in [2.24, 2.45) is 0 Å². The second kappa shape index (κ2) is 8.05. The van der Waals surface area contributed by atoms with Crippen LogP contribution < -0.4 is 20.4 Å². The van der Waals surface area contributed by atoms with Crippen molar-refractivity contribution in [3.05, 3.63) is 60.2 Å². The van der Waals surface area contributed by atoms with Gasteiger partial charge in [-0.1, -0.05) is 18.2 Å². The van der Waals surface area contributed by atoms with Gasteiger partial charge in [0.05, 0.1) is 5.00 Å². The monoisotopic (exact) mass is 380 g/mol. The number of hydrogen-bond acceptors (Lipinski definition) is 6. The lowest BCUT2D eigenvalue weighted by molar-refractivity contribution is 0.262. The van der Waals surface area contributed by atoms with Crippen LogP contribution in [0, 0.1) is 0 Å². The molecular weight excluding hydrogens is 360 g/mol. The van der Waals surface area contributed by atoms with E-state index in [1.54, 1.807) is 0 Å². The van der Waals surface area contributed by atoms with E-state index in [0.29, 0.717) is 5.82 Å². The van der Waals surface area contributed by atoms with Crippen LogP contribution in [0.1, 0.15) is 0 Å². The Bertz CT molecular complexity index is 878. The first-order valence-electron chi connectivity index (χ1n) is 8.76. The van der Waals surface area contributed by atoms with Crippen LogP contribution in [-0.2, 0) is 0 Å². The van der Waals surface area contributed by atoms with Crippen molar-refractivity contribution in [2.75, 3.05) is 46.6 Å². The summed E-state index contributed by atoms with van der Waals surface area (Å²) < 4.78 is 0. The standard InChI is InChI=1S/C19H20N6OS/c26-19(23-18-7-4-12-27-18)22-16-13-17(21-14-20-16)25-10-8-24(9-11-25)15-5-2-1-3-6-15/h1-7,12-14H,8-11H2,(H2,20,21,22,23,26). The van der Waals surface area contributed by atoms with Crippen LogP contribution in [0.15, 0.2) is 60.2 Å². The molecule has 7 nitrogen and oxygen atoms in total.